The van der Waals surface area contributed by atoms with Crippen LogP contribution in [0.4, 0.5) is 0 Å². The van der Waals surface area contributed by atoms with Gasteiger partial charge in [-0.05, 0) is 41.9 Å². The van der Waals surface area contributed by atoms with Crippen molar-refractivity contribution in [3.8, 4) is 0 Å². The minimum Gasteiger partial charge on any atom is -0.339 e. The zero-order valence-electron chi connectivity index (χ0n) is 12.6. The molecule has 2 heteroatoms. The standard InChI is InChI=1S/C17H25NO/c1-13-9-11-18(12-10-13)16(19)14-5-7-15(8-6-14)17(2,3)4/h5-8,13H,9-12H2,1-4H3. The van der Waals surface area contributed by atoms with E-state index in [1.54, 1.807) is 0 Å². The molecule has 2 rings (SSSR count). The van der Waals surface area contributed by atoms with Crippen molar-refractivity contribution in [2.75, 3.05) is 13.1 Å². The molecule has 1 aliphatic heterocycles. The third kappa shape index (κ3) is 3.37. The van der Waals surface area contributed by atoms with Crippen molar-refractivity contribution in [1.82, 2.24) is 4.90 Å². The SMILES string of the molecule is CC1CCN(C(=O)c2ccc(C(C)(C)C)cc2)CC1. The summed E-state index contributed by atoms with van der Waals surface area (Å²) in [5.41, 5.74) is 2.24. The highest BCUT2D eigenvalue weighted by molar-refractivity contribution is 5.94. The van der Waals surface area contributed by atoms with Crippen molar-refractivity contribution in [2.24, 2.45) is 5.92 Å². The molecule has 0 unspecified atom stereocenters. The Labute approximate surface area is 116 Å². The summed E-state index contributed by atoms with van der Waals surface area (Å²) < 4.78 is 0. The first-order valence-corrected chi connectivity index (χ1v) is 7.28. The Bertz CT molecular complexity index is 433. The van der Waals surface area contributed by atoms with E-state index in [1.165, 1.54) is 5.56 Å². The first-order chi connectivity index (χ1) is 8.88. The van der Waals surface area contributed by atoms with Crippen molar-refractivity contribution < 1.29 is 4.79 Å². The van der Waals surface area contributed by atoms with Crippen LogP contribution in [0.2, 0.25) is 0 Å². The molecule has 0 N–H and O–H groups in total. The quantitative estimate of drug-likeness (QED) is 0.750. The van der Waals surface area contributed by atoms with Gasteiger partial charge in [0.25, 0.3) is 5.91 Å². The summed E-state index contributed by atoms with van der Waals surface area (Å²) in [6.45, 7) is 10.6. The van der Waals surface area contributed by atoms with Gasteiger partial charge in [-0.15, -0.1) is 0 Å². The van der Waals surface area contributed by atoms with Crippen LogP contribution >= 0.6 is 0 Å². The molecule has 0 saturated carbocycles. The van der Waals surface area contributed by atoms with Crippen molar-refractivity contribution in [3.05, 3.63) is 35.4 Å². The van der Waals surface area contributed by atoms with Gasteiger partial charge in [0.15, 0.2) is 0 Å². The van der Waals surface area contributed by atoms with Gasteiger partial charge in [-0.1, -0.05) is 39.8 Å². The van der Waals surface area contributed by atoms with Crippen LogP contribution < -0.4 is 0 Å². The number of rotatable bonds is 1. The summed E-state index contributed by atoms with van der Waals surface area (Å²) >= 11 is 0. The van der Waals surface area contributed by atoms with Crippen molar-refractivity contribution in [3.63, 3.8) is 0 Å². The van der Waals surface area contributed by atoms with Gasteiger partial charge in [-0.2, -0.15) is 0 Å². The minimum absolute atomic E-state index is 0.141. The second-order valence-electron chi connectivity index (χ2n) is 6.80. The highest BCUT2D eigenvalue weighted by Gasteiger charge is 2.22. The Morgan fingerprint density at radius 1 is 1.11 bits per heavy atom. The molecule has 104 valence electrons. The number of hydrogen-bond donors (Lipinski definition) is 0. The highest BCUT2D eigenvalue weighted by atomic mass is 16.2. The summed E-state index contributed by atoms with van der Waals surface area (Å²) in [7, 11) is 0. The Kier molecular flexibility index (Phi) is 3.98. The second kappa shape index (κ2) is 5.36. The predicted molar refractivity (Wildman–Crippen MR) is 79.4 cm³/mol. The van der Waals surface area contributed by atoms with Crippen molar-refractivity contribution in [1.29, 1.82) is 0 Å². The van der Waals surface area contributed by atoms with E-state index in [4.69, 9.17) is 0 Å². The van der Waals surface area contributed by atoms with E-state index < -0.39 is 0 Å². The Balaban J connectivity index is 2.08. The molecule has 2 nitrogen and oxygen atoms in total. The Morgan fingerprint density at radius 2 is 1.63 bits per heavy atom. The number of nitrogens with zero attached hydrogens (tertiary/aromatic N) is 1. The summed E-state index contributed by atoms with van der Waals surface area (Å²) in [6, 6.07) is 8.11. The molecule has 0 bridgehead atoms. The average Bonchev–Trinajstić information content (AvgIpc) is 2.38. The molecular weight excluding hydrogens is 234 g/mol. The second-order valence-corrected chi connectivity index (χ2v) is 6.80. The van der Waals surface area contributed by atoms with Gasteiger partial charge in [-0.3, -0.25) is 4.79 Å². The molecule has 0 atom stereocenters. The molecule has 1 saturated heterocycles. The fourth-order valence-corrected chi connectivity index (χ4v) is 2.51. The van der Waals surface area contributed by atoms with Gasteiger partial charge in [0.05, 0.1) is 0 Å². The van der Waals surface area contributed by atoms with Crippen LogP contribution in [0.3, 0.4) is 0 Å². The third-order valence-electron chi connectivity index (χ3n) is 4.07. The predicted octanol–water partition coefficient (Wildman–Crippen LogP) is 3.86. The van der Waals surface area contributed by atoms with E-state index >= 15 is 0 Å². The first-order valence-electron chi connectivity index (χ1n) is 7.28. The van der Waals surface area contributed by atoms with Crippen LogP contribution in [0.15, 0.2) is 24.3 Å². The lowest BCUT2D eigenvalue weighted by atomic mass is 9.86. The van der Waals surface area contributed by atoms with Crippen LogP contribution in [-0.2, 0) is 5.41 Å². The molecule has 1 aromatic carbocycles. The zero-order valence-corrected chi connectivity index (χ0v) is 12.6. The maximum Gasteiger partial charge on any atom is 0.253 e. The van der Waals surface area contributed by atoms with Crippen LogP contribution in [-0.4, -0.2) is 23.9 Å². The third-order valence-corrected chi connectivity index (χ3v) is 4.07. The number of amides is 1. The van der Waals surface area contributed by atoms with Crippen LogP contribution in [0.25, 0.3) is 0 Å². The number of carbonyl (C=O) groups is 1. The molecule has 0 aromatic heterocycles. The summed E-state index contributed by atoms with van der Waals surface area (Å²) in [4.78, 5) is 14.4. The molecule has 1 heterocycles. The Morgan fingerprint density at radius 3 is 2.11 bits per heavy atom. The lowest BCUT2D eigenvalue weighted by Gasteiger charge is -2.30. The van der Waals surface area contributed by atoms with Gasteiger partial charge in [0.1, 0.15) is 0 Å². The van der Waals surface area contributed by atoms with Gasteiger partial charge < -0.3 is 4.90 Å². The monoisotopic (exact) mass is 259 g/mol. The molecule has 19 heavy (non-hydrogen) atoms. The Hall–Kier alpha value is -1.31. The lowest BCUT2D eigenvalue weighted by molar-refractivity contribution is 0.0697. The van der Waals surface area contributed by atoms with E-state index in [2.05, 4.69) is 39.8 Å². The topological polar surface area (TPSA) is 20.3 Å². The van der Waals surface area contributed by atoms with Gasteiger partial charge >= 0.3 is 0 Å². The lowest BCUT2D eigenvalue weighted by Crippen LogP contribution is -2.37. The summed E-state index contributed by atoms with van der Waals surface area (Å²) in [5, 5.41) is 0. The first kappa shape index (κ1) is 14.1. The van der Waals surface area contributed by atoms with E-state index in [1.807, 2.05) is 17.0 Å². The minimum atomic E-state index is 0.141. The number of likely N-dealkylation sites (tertiary alicyclic amines) is 1. The number of carbonyl (C=O) groups excluding carboxylic acids is 1. The van der Waals surface area contributed by atoms with Gasteiger partial charge in [-0.25, -0.2) is 0 Å². The molecule has 1 amide bonds. The number of benzene rings is 1. The molecule has 0 spiro atoms. The number of piperidine rings is 1. The maximum atomic E-state index is 12.4. The molecule has 0 radical (unpaired) electrons. The number of hydrogen-bond acceptors (Lipinski definition) is 1. The average molecular weight is 259 g/mol. The normalized spacial score (nSPS) is 17.6. The molecule has 1 fully saturated rings. The molecule has 0 aliphatic carbocycles. The summed E-state index contributed by atoms with van der Waals surface area (Å²) in [6.07, 6.45) is 2.26. The van der Waals surface area contributed by atoms with Crippen LogP contribution in [0.1, 0.15) is 56.5 Å². The van der Waals surface area contributed by atoms with Gasteiger partial charge in [0.2, 0.25) is 0 Å². The fraction of sp³-hybridized carbons (Fsp3) is 0.588. The molecule has 1 aromatic rings. The van der Waals surface area contributed by atoms with E-state index in [-0.39, 0.29) is 11.3 Å². The van der Waals surface area contributed by atoms with Crippen LogP contribution in [0, 0.1) is 5.92 Å². The van der Waals surface area contributed by atoms with E-state index in [0.29, 0.717) is 0 Å². The molecular formula is C17H25NO. The van der Waals surface area contributed by atoms with E-state index in [0.717, 1.165) is 37.4 Å². The highest BCUT2D eigenvalue weighted by Crippen LogP contribution is 2.23. The summed E-state index contributed by atoms with van der Waals surface area (Å²) in [5.74, 6) is 0.944. The van der Waals surface area contributed by atoms with E-state index in [9.17, 15) is 4.79 Å². The zero-order chi connectivity index (χ0) is 14.0. The largest absolute Gasteiger partial charge is 0.339 e. The maximum absolute atomic E-state index is 12.4. The van der Waals surface area contributed by atoms with Crippen molar-refractivity contribution in [2.45, 2.75) is 46.0 Å². The smallest absolute Gasteiger partial charge is 0.253 e. The van der Waals surface area contributed by atoms with Gasteiger partial charge in [0, 0.05) is 18.7 Å². The fourth-order valence-electron chi connectivity index (χ4n) is 2.51. The van der Waals surface area contributed by atoms with Crippen LogP contribution in [0.5, 0.6) is 0 Å². The molecule has 1 aliphatic rings. The van der Waals surface area contributed by atoms with Crippen molar-refractivity contribution >= 4 is 5.91 Å².